The zero-order valence-electron chi connectivity index (χ0n) is 5.75. The molecule has 10 heavy (non-hydrogen) atoms. The van der Waals surface area contributed by atoms with Gasteiger partial charge in [0, 0.05) is 0 Å². The van der Waals surface area contributed by atoms with E-state index < -0.39 is 13.6 Å². The molecule has 0 bridgehead atoms. The Morgan fingerprint density at radius 3 is 2.40 bits per heavy atom. The molecule has 1 nitrogen and oxygen atoms in total. The Bertz CT molecular complexity index is 192. The fraction of sp³-hybridized carbons (Fsp3) is 0. The second-order valence-electron chi connectivity index (χ2n) is 1.96. The van der Waals surface area contributed by atoms with Gasteiger partial charge in [0.05, 0.1) is 0 Å². The monoisotopic (exact) mass is 184 g/mol. The summed E-state index contributed by atoms with van der Waals surface area (Å²) in [6.07, 6.45) is 0. The molecular formula is C6H7Al2ClO. The molecule has 4 heteroatoms. The van der Waals surface area contributed by atoms with Crippen LogP contribution in [0.4, 0.5) is 0 Å². The Balaban J connectivity index is 2.75. The van der Waals surface area contributed by atoms with E-state index in [4.69, 9.17) is 12.9 Å². The van der Waals surface area contributed by atoms with Gasteiger partial charge >= 0.3 is 30.2 Å². The first kappa shape index (κ1) is 8.63. The lowest BCUT2D eigenvalue weighted by Crippen LogP contribution is -2.26. The topological polar surface area (TPSA) is 9.23 Å². The van der Waals surface area contributed by atoms with Crippen molar-refractivity contribution in [2.75, 3.05) is 0 Å². The van der Waals surface area contributed by atoms with Crippen molar-refractivity contribution in [3.63, 3.8) is 0 Å². The Kier molecular flexibility index (Phi) is 3.81. The molecule has 0 atom stereocenters. The molecule has 0 amide bonds. The van der Waals surface area contributed by atoms with Crippen LogP contribution in [0, 0.1) is 0 Å². The number of halogens is 1. The average molecular weight is 185 g/mol. The third-order valence-corrected chi connectivity index (χ3v) is 6.19. The summed E-state index contributed by atoms with van der Waals surface area (Å²) >= 11 is -0.768. The van der Waals surface area contributed by atoms with E-state index in [0.717, 1.165) is 16.6 Å². The van der Waals surface area contributed by atoms with Gasteiger partial charge in [-0.25, -0.2) is 10.0 Å². The first-order valence-corrected chi connectivity index (χ1v) is 6.67. The summed E-state index contributed by atoms with van der Waals surface area (Å²) in [4.78, 5) is 0. The molecule has 0 aliphatic rings. The van der Waals surface area contributed by atoms with E-state index in [9.17, 15) is 0 Å². The standard InChI is InChI=1S/C6H5.2Al.ClH.O.2H/c1-2-4-6-5-3-1;;;;;;/h1-5H;;;1H;;;/q;;+1;;;;/p-1. The Morgan fingerprint density at radius 2 is 1.90 bits per heavy atom. The first-order valence-electron chi connectivity index (χ1n) is 3.06. The Morgan fingerprint density at radius 1 is 1.30 bits per heavy atom. The third kappa shape index (κ3) is 2.29. The van der Waals surface area contributed by atoms with Crippen molar-refractivity contribution in [2.45, 2.75) is 0 Å². The molecule has 0 spiro atoms. The molecule has 0 aliphatic heterocycles. The van der Waals surface area contributed by atoms with Crippen LogP contribution in [0.2, 0.25) is 0 Å². The molecule has 1 aromatic carbocycles. The van der Waals surface area contributed by atoms with Crippen molar-refractivity contribution in [1.82, 2.24) is 0 Å². The van der Waals surface area contributed by atoms with Crippen LogP contribution in [-0.4, -0.2) is 30.2 Å². The second kappa shape index (κ2) is 4.42. The molecule has 0 heterocycles. The summed E-state index contributed by atoms with van der Waals surface area (Å²) in [7, 11) is 5.94. The maximum Gasteiger partial charge on any atom is 0.603 e. The molecular weight excluding hydrogens is 177 g/mol. The highest BCUT2D eigenvalue weighted by Gasteiger charge is 2.16. The van der Waals surface area contributed by atoms with Crippen LogP contribution in [0.3, 0.4) is 0 Å². The lowest BCUT2D eigenvalue weighted by atomic mass is 10.4. The van der Waals surface area contributed by atoms with Crippen molar-refractivity contribution < 1.29 is 2.84 Å². The molecule has 0 radical (unpaired) electrons. The summed E-state index contributed by atoms with van der Waals surface area (Å²) in [6.45, 7) is 0. The SMILES string of the molecule is [AlH2][O][Al]([Cl])[c]1ccccc1. The molecule has 0 saturated heterocycles. The predicted octanol–water partition coefficient (Wildman–Crippen LogP) is 0.185. The lowest BCUT2D eigenvalue weighted by Gasteiger charge is -2.00. The minimum Gasteiger partial charge on any atom is -0.627 e. The molecule has 0 N–H and O–H groups in total. The van der Waals surface area contributed by atoms with E-state index >= 15 is 0 Å². The van der Waals surface area contributed by atoms with Crippen molar-refractivity contribution in [2.24, 2.45) is 0 Å². The number of benzene rings is 1. The molecule has 0 saturated carbocycles. The van der Waals surface area contributed by atoms with E-state index in [1.165, 1.54) is 4.43 Å². The van der Waals surface area contributed by atoms with Crippen LogP contribution in [0.15, 0.2) is 30.3 Å². The molecule has 0 unspecified atom stereocenters. The number of hydrogen-bond acceptors (Lipinski definition) is 1. The molecule has 1 rings (SSSR count). The van der Waals surface area contributed by atoms with Crippen LogP contribution in [0.1, 0.15) is 0 Å². The summed E-state index contributed by atoms with van der Waals surface area (Å²) in [6, 6.07) is 9.98. The van der Waals surface area contributed by atoms with Gasteiger partial charge in [-0.15, -0.1) is 0 Å². The zero-order valence-corrected chi connectivity index (χ0v) is 9.66. The van der Waals surface area contributed by atoms with Gasteiger partial charge in [0.25, 0.3) is 0 Å². The van der Waals surface area contributed by atoms with Gasteiger partial charge in [0.1, 0.15) is 0 Å². The fourth-order valence-electron chi connectivity index (χ4n) is 0.740. The van der Waals surface area contributed by atoms with Crippen LogP contribution in [0.5, 0.6) is 0 Å². The number of hydrogen-bond donors (Lipinski definition) is 0. The molecule has 0 fully saturated rings. The molecule has 0 aliphatic carbocycles. The van der Waals surface area contributed by atoms with Gasteiger partial charge in [0.15, 0.2) is 0 Å². The van der Waals surface area contributed by atoms with Crippen molar-refractivity contribution in [3.05, 3.63) is 30.3 Å². The zero-order chi connectivity index (χ0) is 7.40. The van der Waals surface area contributed by atoms with Gasteiger partial charge < -0.3 is 2.84 Å². The van der Waals surface area contributed by atoms with Crippen molar-refractivity contribution in [3.8, 4) is 0 Å². The highest BCUT2D eigenvalue weighted by Crippen LogP contribution is 1.92. The van der Waals surface area contributed by atoms with Gasteiger partial charge in [-0.1, -0.05) is 34.8 Å². The quantitative estimate of drug-likeness (QED) is 0.596. The fourth-order valence-corrected chi connectivity index (χ4v) is 2.79. The summed E-state index contributed by atoms with van der Waals surface area (Å²) in [5.41, 5.74) is 0. The van der Waals surface area contributed by atoms with Crippen LogP contribution < -0.4 is 4.43 Å². The maximum atomic E-state index is 5.94. The van der Waals surface area contributed by atoms with Crippen LogP contribution in [0.25, 0.3) is 0 Å². The van der Waals surface area contributed by atoms with Gasteiger partial charge in [-0.2, -0.15) is 0 Å². The normalized spacial score (nSPS) is 9.30. The van der Waals surface area contributed by atoms with E-state index in [-0.39, 0.29) is 0 Å². The van der Waals surface area contributed by atoms with Crippen molar-refractivity contribution in [1.29, 1.82) is 0 Å². The highest BCUT2D eigenvalue weighted by molar-refractivity contribution is 7.11. The average Bonchev–Trinajstić information content (AvgIpc) is 2.05. The number of rotatable bonds is 2. The predicted molar refractivity (Wildman–Crippen MR) is 47.3 cm³/mol. The highest BCUT2D eigenvalue weighted by atomic mass is 35.6. The summed E-state index contributed by atoms with van der Waals surface area (Å²) in [5.74, 6) is 0. The maximum absolute atomic E-state index is 5.94. The van der Waals surface area contributed by atoms with Crippen LogP contribution >= 0.6 is 10.0 Å². The van der Waals surface area contributed by atoms with Gasteiger partial charge in [-0.05, 0) is 0 Å². The van der Waals surface area contributed by atoms with Gasteiger partial charge in [-0.3, -0.25) is 0 Å². The molecule has 50 valence electrons. The van der Waals surface area contributed by atoms with Crippen molar-refractivity contribution >= 4 is 44.7 Å². The summed E-state index contributed by atoms with van der Waals surface area (Å²) in [5, 5.41) is 0. The lowest BCUT2D eigenvalue weighted by molar-refractivity contribution is 0.668. The smallest absolute Gasteiger partial charge is 0.603 e. The van der Waals surface area contributed by atoms with E-state index in [0.29, 0.717) is 0 Å². The first-order chi connectivity index (χ1) is 4.84. The Labute approximate surface area is 77.6 Å². The molecule has 1 aromatic rings. The van der Waals surface area contributed by atoms with E-state index in [1.807, 2.05) is 30.3 Å². The summed E-state index contributed by atoms with van der Waals surface area (Å²) < 4.78 is 6.35. The van der Waals surface area contributed by atoms with Gasteiger partial charge in [0.2, 0.25) is 0 Å². The van der Waals surface area contributed by atoms with E-state index in [1.54, 1.807) is 0 Å². The second-order valence-corrected chi connectivity index (χ2v) is 6.34. The largest absolute Gasteiger partial charge is 0.627 e. The third-order valence-electron chi connectivity index (χ3n) is 1.27. The minimum absolute atomic E-state index is 0.737. The van der Waals surface area contributed by atoms with Crippen LogP contribution in [-0.2, 0) is 2.84 Å². The molecule has 0 aromatic heterocycles. The Hall–Kier alpha value is 0.535. The van der Waals surface area contributed by atoms with E-state index in [2.05, 4.69) is 0 Å². The minimum atomic E-state index is -1.51.